The summed E-state index contributed by atoms with van der Waals surface area (Å²) in [5.74, 6) is 0. The third-order valence-corrected chi connectivity index (χ3v) is 5.12. The predicted octanol–water partition coefficient (Wildman–Crippen LogP) is 4.85. The molecule has 1 unspecified atom stereocenters. The molecule has 0 saturated carbocycles. The Bertz CT molecular complexity index is 1100. The molecule has 0 amide bonds. The first kappa shape index (κ1) is 14.4. The van der Waals surface area contributed by atoms with Crippen molar-refractivity contribution in [2.75, 3.05) is 0 Å². The molecule has 1 aliphatic rings. The summed E-state index contributed by atoms with van der Waals surface area (Å²) in [6.45, 7) is 0. The van der Waals surface area contributed by atoms with Crippen LogP contribution in [0.15, 0.2) is 78.9 Å². The molecule has 5 rings (SSSR count). The van der Waals surface area contributed by atoms with Crippen molar-refractivity contribution in [1.82, 2.24) is 4.98 Å². The summed E-state index contributed by atoms with van der Waals surface area (Å²) >= 11 is 0. The van der Waals surface area contributed by atoms with Gasteiger partial charge in [-0.25, -0.2) is 0 Å². The van der Waals surface area contributed by atoms with E-state index in [1.165, 1.54) is 22.3 Å². The number of hydrogen-bond donors (Lipinski definition) is 1. The fourth-order valence-corrected chi connectivity index (χ4v) is 3.78. The molecule has 1 atom stereocenters. The molecule has 0 bridgehead atoms. The highest BCUT2D eigenvalue weighted by atomic mass is 14.8. The molecule has 3 aromatic carbocycles. The molecule has 0 fully saturated rings. The zero-order valence-electron chi connectivity index (χ0n) is 13.8. The van der Waals surface area contributed by atoms with Gasteiger partial charge >= 0.3 is 0 Å². The quantitative estimate of drug-likeness (QED) is 0.504. The molecule has 1 heterocycles. The van der Waals surface area contributed by atoms with Gasteiger partial charge in [0.15, 0.2) is 0 Å². The molecule has 2 heteroatoms. The number of aromatic nitrogens is 1. The van der Waals surface area contributed by atoms with Crippen molar-refractivity contribution < 1.29 is 0 Å². The van der Waals surface area contributed by atoms with Crippen molar-refractivity contribution in [3.8, 4) is 11.1 Å². The van der Waals surface area contributed by atoms with E-state index in [0.717, 1.165) is 28.6 Å². The minimum Gasteiger partial charge on any atom is -0.319 e. The lowest BCUT2D eigenvalue weighted by Crippen LogP contribution is -2.13. The average molecular weight is 322 g/mol. The average Bonchev–Trinajstić information content (AvgIpc) is 3.04. The Labute approximate surface area is 147 Å². The number of nitrogens with zero attached hydrogens (tertiary/aromatic N) is 1. The van der Waals surface area contributed by atoms with E-state index in [1.54, 1.807) is 0 Å². The van der Waals surface area contributed by atoms with Crippen molar-refractivity contribution in [2.45, 2.75) is 12.5 Å². The summed E-state index contributed by atoms with van der Waals surface area (Å²) < 4.78 is 0. The van der Waals surface area contributed by atoms with Crippen molar-refractivity contribution in [2.24, 2.45) is 5.73 Å². The fourth-order valence-electron chi connectivity index (χ4n) is 3.78. The topological polar surface area (TPSA) is 38.9 Å². The van der Waals surface area contributed by atoms with Gasteiger partial charge in [-0.05, 0) is 46.4 Å². The number of pyridine rings is 1. The number of rotatable bonds is 2. The number of para-hydroxylation sites is 1. The van der Waals surface area contributed by atoms with Crippen LogP contribution in [0.2, 0.25) is 0 Å². The van der Waals surface area contributed by atoms with Gasteiger partial charge in [-0.3, -0.25) is 4.98 Å². The number of fused-ring (bicyclic) bond motifs is 4. The number of nitrogens with two attached hydrogens (primary N) is 1. The maximum absolute atomic E-state index is 6.54. The predicted molar refractivity (Wildman–Crippen MR) is 102 cm³/mol. The van der Waals surface area contributed by atoms with Crippen LogP contribution in [-0.2, 0) is 6.42 Å². The van der Waals surface area contributed by atoms with Crippen molar-refractivity contribution in [3.63, 3.8) is 0 Å². The number of hydrogen-bond acceptors (Lipinski definition) is 2. The normalized spacial score (nSPS) is 13.5. The molecular formula is C23H18N2. The van der Waals surface area contributed by atoms with Crippen LogP contribution < -0.4 is 5.73 Å². The van der Waals surface area contributed by atoms with Gasteiger partial charge in [-0.1, -0.05) is 66.7 Å². The van der Waals surface area contributed by atoms with Crippen LogP contribution in [0.5, 0.6) is 0 Å². The molecule has 0 spiro atoms. The summed E-state index contributed by atoms with van der Waals surface area (Å²) in [6, 6.07) is 27.3. The Balaban J connectivity index is 1.54. The second-order valence-electron chi connectivity index (χ2n) is 6.66. The molecule has 120 valence electrons. The highest BCUT2D eigenvalue weighted by Crippen LogP contribution is 2.37. The first-order valence-electron chi connectivity index (χ1n) is 8.62. The maximum Gasteiger partial charge on any atom is 0.0726 e. The van der Waals surface area contributed by atoms with Gasteiger partial charge in [0.1, 0.15) is 0 Å². The smallest absolute Gasteiger partial charge is 0.0726 e. The summed E-state index contributed by atoms with van der Waals surface area (Å²) in [5.41, 5.74) is 15.0. The molecule has 25 heavy (non-hydrogen) atoms. The highest BCUT2D eigenvalue weighted by Gasteiger charge is 2.20. The summed E-state index contributed by atoms with van der Waals surface area (Å²) in [7, 11) is 0. The van der Waals surface area contributed by atoms with Crippen molar-refractivity contribution >= 4 is 10.9 Å². The van der Waals surface area contributed by atoms with Crippen molar-refractivity contribution in [1.29, 1.82) is 0 Å². The lowest BCUT2D eigenvalue weighted by atomic mass is 9.98. The Morgan fingerprint density at radius 1 is 0.760 bits per heavy atom. The summed E-state index contributed by atoms with van der Waals surface area (Å²) in [4.78, 5) is 4.76. The first-order valence-corrected chi connectivity index (χ1v) is 8.62. The molecule has 2 nitrogen and oxygen atoms in total. The minimum atomic E-state index is -0.210. The van der Waals surface area contributed by atoms with Crippen LogP contribution in [0.25, 0.3) is 22.0 Å². The standard InChI is InChI=1S/C23H18N2/c24-23(22-12-10-15-5-2-4-8-21(15)25-22)17-9-11-20-18(14-17)13-16-6-1-3-7-19(16)20/h1-12,14,23H,13,24H2. The van der Waals surface area contributed by atoms with Gasteiger partial charge < -0.3 is 5.73 Å². The molecule has 0 aliphatic heterocycles. The second kappa shape index (κ2) is 5.54. The first-order chi connectivity index (χ1) is 12.3. The largest absolute Gasteiger partial charge is 0.319 e. The SMILES string of the molecule is NC(c1ccc2c(c1)Cc1ccccc1-2)c1ccc2ccccc2n1. The van der Waals surface area contributed by atoms with Crippen LogP contribution in [0.1, 0.15) is 28.4 Å². The summed E-state index contributed by atoms with van der Waals surface area (Å²) in [6.07, 6.45) is 0.983. The van der Waals surface area contributed by atoms with Gasteiger partial charge in [-0.15, -0.1) is 0 Å². The van der Waals surface area contributed by atoms with E-state index in [0.29, 0.717) is 0 Å². The Morgan fingerprint density at radius 3 is 2.52 bits per heavy atom. The molecule has 0 saturated heterocycles. The van der Waals surface area contributed by atoms with Crippen LogP contribution >= 0.6 is 0 Å². The van der Waals surface area contributed by atoms with Crippen LogP contribution in [-0.4, -0.2) is 4.98 Å². The minimum absolute atomic E-state index is 0.210. The lowest BCUT2D eigenvalue weighted by Gasteiger charge is -2.14. The second-order valence-corrected chi connectivity index (χ2v) is 6.66. The Hall–Kier alpha value is -2.97. The van der Waals surface area contributed by atoms with E-state index in [-0.39, 0.29) is 6.04 Å². The molecule has 0 radical (unpaired) electrons. The van der Waals surface area contributed by atoms with Gasteiger partial charge in [0.2, 0.25) is 0 Å². The monoisotopic (exact) mass is 322 g/mol. The zero-order chi connectivity index (χ0) is 16.8. The lowest BCUT2D eigenvalue weighted by molar-refractivity contribution is 0.834. The van der Waals surface area contributed by atoms with Crippen LogP contribution in [0.4, 0.5) is 0 Å². The fraction of sp³-hybridized carbons (Fsp3) is 0.0870. The zero-order valence-corrected chi connectivity index (χ0v) is 13.8. The molecule has 4 aromatic rings. The van der Waals surface area contributed by atoms with E-state index in [1.807, 2.05) is 24.3 Å². The van der Waals surface area contributed by atoms with Gasteiger partial charge in [0.05, 0.1) is 17.3 Å². The Morgan fingerprint density at radius 2 is 1.56 bits per heavy atom. The van der Waals surface area contributed by atoms with E-state index in [2.05, 4.69) is 54.6 Å². The van der Waals surface area contributed by atoms with E-state index in [9.17, 15) is 0 Å². The highest BCUT2D eigenvalue weighted by molar-refractivity contribution is 5.79. The van der Waals surface area contributed by atoms with Gasteiger partial charge in [0.25, 0.3) is 0 Å². The van der Waals surface area contributed by atoms with E-state index < -0.39 is 0 Å². The van der Waals surface area contributed by atoms with Gasteiger partial charge in [0, 0.05) is 5.39 Å². The van der Waals surface area contributed by atoms with E-state index >= 15 is 0 Å². The maximum atomic E-state index is 6.54. The van der Waals surface area contributed by atoms with Crippen LogP contribution in [0, 0.1) is 0 Å². The van der Waals surface area contributed by atoms with Crippen LogP contribution in [0.3, 0.4) is 0 Å². The third kappa shape index (κ3) is 2.34. The van der Waals surface area contributed by atoms with Gasteiger partial charge in [-0.2, -0.15) is 0 Å². The molecule has 1 aliphatic carbocycles. The molecule has 1 aromatic heterocycles. The third-order valence-electron chi connectivity index (χ3n) is 5.12. The molecular weight excluding hydrogens is 304 g/mol. The Kier molecular flexibility index (Phi) is 3.19. The van der Waals surface area contributed by atoms with E-state index in [4.69, 9.17) is 10.7 Å². The number of benzene rings is 3. The molecule has 2 N–H and O–H groups in total. The summed E-state index contributed by atoms with van der Waals surface area (Å²) in [5, 5.41) is 1.14. The van der Waals surface area contributed by atoms with Crippen molar-refractivity contribution in [3.05, 3.63) is 101 Å².